The summed E-state index contributed by atoms with van der Waals surface area (Å²) in [6.07, 6.45) is 6.77. The Morgan fingerprint density at radius 1 is 1.32 bits per heavy atom. The Hall–Kier alpha value is -0.810. The van der Waals surface area contributed by atoms with Crippen molar-refractivity contribution in [1.29, 1.82) is 0 Å². The van der Waals surface area contributed by atoms with Gasteiger partial charge >= 0.3 is 6.09 Å². The molecule has 1 heterocycles. The van der Waals surface area contributed by atoms with Gasteiger partial charge in [0, 0.05) is 12.6 Å². The van der Waals surface area contributed by atoms with Gasteiger partial charge in [-0.3, -0.25) is 4.90 Å². The number of nitrogens with zero attached hydrogens (tertiary/aromatic N) is 1. The third-order valence-electron chi connectivity index (χ3n) is 3.93. The predicted molar refractivity (Wildman–Crippen MR) is 88.9 cm³/mol. The van der Waals surface area contributed by atoms with Crippen LogP contribution in [-0.2, 0) is 9.47 Å². The maximum Gasteiger partial charge on any atom is 0.410 e. The minimum absolute atomic E-state index is 0.0468. The average molecular weight is 314 g/mol. The third kappa shape index (κ3) is 6.97. The Morgan fingerprint density at radius 3 is 2.64 bits per heavy atom. The number of morpholine rings is 1. The zero-order valence-corrected chi connectivity index (χ0v) is 14.8. The molecule has 1 aliphatic rings. The van der Waals surface area contributed by atoms with Crippen LogP contribution in [0.1, 0.15) is 66.2 Å². The smallest absolute Gasteiger partial charge is 0.410 e. The summed E-state index contributed by atoms with van der Waals surface area (Å²) in [6, 6.07) is -0.121. The van der Waals surface area contributed by atoms with E-state index in [0.29, 0.717) is 19.8 Å². The fraction of sp³-hybridized carbons (Fsp3) is 0.941. The van der Waals surface area contributed by atoms with Crippen LogP contribution in [0.4, 0.5) is 4.79 Å². The first-order valence-electron chi connectivity index (χ1n) is 8.68. The Morgan fingerprint density at radius 2 is 2.00 bits per heavy atom. The normalized spacial score (nSPS) is 20.8. The van der Waals surface area contributed by atoms with Crippen molar-refractivity contribution in [2.45, 2.75) is 83.9 Å². The predicted octanol–water partition coefficient (Wildman–Crippen LogP) is 3.31. The van der Waals surface area contributed by atoms with Crippen LogP contribution in [-0.4, -0.2) is 48.4 Å². The summed E-state index contributed by atoms with van der Waals surface area (Å²) >= 11 is 0. The number of rotatable bonds is 7. The monoisotopic (exact) mass is 314 g/mol. The van der Waals surface area contributed by atoms with Crippen molar-refractivity contribution in [3.63, 3.8) is 0 Å². The molecule has 22 heavy (non-hydrogen) atoms. The molecule has 1 amide bonds. The molecule has 5 heteroatoms. The number of amides is 1. The fourth-order valence-corrected chi connectivity index (χ4v) is 2.70. The van der Waals surface area contributed by atoms with Gasteiger partial charge in [0.1, 0.15) is 5.60 Å². The van der Waals surface area contributed by atoms with Crippen molar-refractivity contribution in [2.24, 2.45) is 5.73 Å². The molecule has 0 aromatic rings. The van der Waals surface area contributed by atoms with Gasteiger partial charge in [-0.1, -0.05) is 39.0 Å². The van der Waals surface area contributed by atoms with Gasteiger partial charge in [0.15, 0.2) is 0 Å². The van der Waals surface area contributed by atoms with E-state index in [4.69, 9.17) is 15.2 Å². The van der Waals surface area contributed by atoms with Crippen LogP contribution < -0.4 is 5.73 Å². The van der Waals surface area contributed by atoms with Crippen LogP contribution in [0.2, 0.25) is 0 Å². The highest BCUT2D eigenvalue weighted by Gasteiger charge is 2.34. The van der Waals surface area contributed by atoms with E-state index in [2.05, 4.69) is 6.92 Å². The van der Waals surface area contributed by atoms with Crippen molar-refractivity contribution >= 4 is 6.09 Å². The van der Waals surface area contributed by atoms with Crippen LogP contribution in [0.5, 0.6) is 0 Å². The number of hydrogen-bond donors (Lipinski definition) is 1. The number of hydrogen-bond acceptors (Lipinski definition) is 4. The summed E-state index contributed by atoms with van der Waals surface area (Å²) in [6.45, 7) is 9.48. The molecule has 2 unspecified atom stereocenters. The molecule has 2 N–H and O–H groups in total. The first-order valence-corrected chi connectivity index (χ1v) is 8.68. The molecule has 1 rings (SSSR count). The van der Waals surface area contributed by atoms with Crippen molar-refractivity contribution in [3.8, 4) is 0 Å². The second-order valence-corrected chi connectivity index (χ2v) is 7.18. The van der Waals surface area contributed by atoms with E-state index in [-0.39, 0.29) is 18.2 Å². The van der Waals surface area contributed by atoms with Crippen molar-refractivity contribution in [1.82, 2.24) is 4.90 Å². The summed E-state index contributed by atoms with van der Waals surface area (Å²) in [5, 5.41) is 0. The molecule has 1 fully saturated rings. The molecule has 0 spiro atoms. The van der Waals surface area contributed by atoms with Crippen molar-refractivity contribution < 1.29 is 14.3 Å². The van der Waals surface area contributed by atoms with Gasteiger partial charge in [0.25, 0.3) is 0 Å². The Balaban J connectivity index is 2.47. The van der Waals surface area contributed by atoms with Crippen molar-refractivity contribution in [2.75, 3.05) is 19.8 Å². The highest BCUT2D eigenvalue weighted by molar-refractivity contribution is 5.68. The molecule has 0 aromatic carbocycles. The van der Waals surface area contributed by atoms with Crippen molar-refractivity contribution in [3.05, 3.63) is 0 Å². The van der Waals surface area contributed by atoms with Crippen LogP contribution in [0.15, 0.2) is 0 Å². The molecular formula is C17H34N2O3. The largest absolute Gasteiger partial charge is 0.444 e. The van der Waals surface area contributed by atoms with Gasteiger partial charge in [-0.25, -0.2) is 4.79 Å². The Labute approximate surface area is 135 Å². The number of carbonyl (C=O) groups excluding carboxylic acids is 1. The van der Waals surface area contributed by atoms with E-state index in [0.717, 1.165) is 12.8 Å². The van der Waals surface area contributed by atoms with E-state index in [1.54, 1.807) is 4.90 Å². The zero-order valence-electron chi connectivity index (χ0n) is 14.8. The minimum Gasteiger partial charge on any atom is -0.444 e. The van der Waals surface area contributed by atoms with Crippen LogP contribution >= 0.6 is 0 Å². The van der Waals surface area contributed by atoms with E-state index < -0.39 is 5.60 Å². The molecule has 0 aromatic heterocycles. The second kappa shape index (κ2) is 9.36. The highest BCUT2D eigenvalue weighted by atomic mass is 16.6. The van der Waals surface area contributed by atoms with Gasteiger partial charge in [-0.2, -0.15) is 0 Å². The average Bonchev–Trinajstić information content (AvgIpc) is 2.45. The van der Waals surface area contributed by atoms with Gasteiger partial charge in [-0.15, -0.1) is 0 Å². The molecule has 0 radical (unpaired) electrons. The lowest BCUT2D eigenvalue weighted by Gasteiger charge is -2.39. The molecule has 0 saturated carbocycles. The van der Waals surface area contributed by atoms with Gasteiger partial charge in [0.2, 0.25) is 0 Å². The molecule has 2 atom stereocenters. The number of ether oxygens (including phenoxy) is 2. The Kier molecular flexibility index (Phi) is 8.18. The third-order valence-corrected chi connectivity index (χ3v) is 3.93. The van der Waals surface area contributed by atoms with E-state index in [9.17, 15) is 4.79 Å². The van der Waals surface area contributed by atoms with Gasteiger partial charge < -0.3 is 15.2 Å². The van der Waals surface area contributed by atoms with Gasteiger partial charge in [0.05, 0.1) is 19.3 Å². The second-order valence-electron chi connectivity index (χ2n) is 7.18. The standard InChI is InChI=1S/C17H34N2O3/c1-5-6-7-8-9-10-14(18)15-13-21-12-11-19(15)16(20)22-17(2,3)4/h14-15H,5-13,18H2,1-4H3. The SMILES string of the molecule is CCCCCCCC(N)C1COCCN1C(=O)OC(C)(C)C. The first kappa shape index (κ1) is 19.2. The Bertz CT molecular complexity index is 328. The van der Waals surface area contributed by atoms with Gasteiger partial charge in [-0.05, 0) is 27.2 Å². The van der Waals surface area contributed by atoms with Crippen LogP contribution in [0.25, 0.3) is 0 Å². The van der Waals surface area contributed by atoms with E-state index >= 15 is 0 Å². The van der Waals surface area contributed by atoms with Crippen LogP contribution in [0.3, 0.4) is 0 Å². The highest BCUT2D eigenvalue weighted by Crippen LogP contribution is 2.18. The lowest BCUT2D eigenvalue weighted by atomic mass is 10.00. The van der Waals surface area contributed by atoms with E-state index in [1.807, 2.05) is 20.8 Å². The molecule has 1 aliphatic heterocycles. The van der Waals surface area contributed by atoms with E-state index in [1.165, 1.54) is 25.7 Å². The zero-order chi connectivity index (χ0) is 16.6. The molecule has 1 saturated heterocycles. The summed E-state index contributed by atoms with van der Waals surface area (Å²) in [4.78, 5) is 14.1. The summed E-state index contributed by atoms with van der Waals surface area (Å²) in [5.41, 5.74) is 5.84. The maximum atomic E-state index is 12.3. The number of nitrogens with two attached hydrogens (primary N) is 1. The summed E-state index contributed by atoms with van der Waals surface area (Å²) in [7, 11) is 0. The van der Waals surface area contributed by atoms with Crippen LogP contribution in [0, 0.1) is 0 Å². The molecule has 5 nitrogen and oxygen atoms in total. The number of unbranched alkanes of at least 4 members (excludes halogenated alkanes) is 4. The molecular weight excluding hydrogens is 280 g/mol. The topological polar surface area (TPSA) is 64.8 Å². The molecule has 0 bridgehead atoms. The fourth-order valence-electron chi connectivity index (χ4n) is 2.70. The lowest BCUT2D eigenvalue weighted by molar-refractivity contribution is -0.0386. The molecule has 0 aliphatic carbocycles. The summed E-state index contributed by atoms with van der Waals surface area (Å²) in [5.74, 6) is 0. The number of carbonyl (C=O) groups is 1. The maximum absolute atomic E-state index is 12.3. The minimum atomic E-state index is -0.482. The summed E-state index contributed by atoms with van der Waals surface area (Å²) < 4.78 is 11.0. The first-order chi connectivity index (χ1) is 10.3. The molecule has 130 valence electrons. The quantitative estimate of drug-likeness (QED) is 0.732. The lowest BCUT2D eigenvalue weighted by Crippen LogP contribution is -2.57.